The van der Waals surface area contributed by atoms with Crippen LogP contribution in [-0.2, 0) is 14.8 Å². The van der Waals surface area contributed by atoms with Crippen LogP contribution in [0.1, 0.15) is 39.5 Å². The molecule has 0 bridgehead atoms. The molecule has 0 aliphatic heterocycles. The van der Waals surface area contributed by atoms with Crippen molar-refractivity contribution in [2.75, 3.05) is 5.32 Å². The SMILES string of the molecule is CCCC(C)(N)C(=O)Nc1ccc(F)c(S(=O)(=O)NC2CC2)c1.Cl. The number of nitrogens with two attached hydrogens (primary N) is 1. The van der Waals surface area contributed by atoms with E-state index in [-0.39, 0.29) is 24.1 Å². The average Bonchev–Trinajstić information content (AvgIpc) is 3.23. The number of nitrogens with one attached hydrogen (secondary N) is 2. The minimum Gasteiger partial charge on any atom is -0.324 e. The molecule has 1 saturated carbocycles. The largest absolute Gasteiger partial charge is 0.324 e. The van der Waals surface area contributed by atoms with Gasteiger partial charge < -0.3 is 11.1 Å². The fraction of sp³-hybridized carbons (Fsp3) is 0.533. The highest BCUT2D eigenvalue weighted by Crippen LogP contribution is 2.25. The van der Waals surface area contributed by atoms with Crippen molar-refractivity contribution in [2.24, 2.45) is 5.73 Å². The molecule has 0 heterocycles. The number of anilines is 1. The van der Waals surface area contributed by atoms with Crippen LogP contribution in [0.15, 0.2) is 23.1 Å². The third-order valence-corrected chi connectivity index (χ3v) is 5.20. The van der Waals surface area contributed by atoms with Crippen LogP contribution in [0, 0.1) is 5.82 Å². The van der Waals surface area contributed by atoms with Crippen LogP contribution in [0.3, 0.4) is 0 Å². The van der Waals surface area contributed by atoms with E-state index >= 15 is 0 Å². The third-order valence-electron chi connectivity index (χ3n) is 3.67. The summed E-state index contributed by atoms with van der Waals surface area (Å²) >= 11 is 0. The highest BCUT2D eigenvalue weighted by molar-refractivity contribution is 7.89. The zero-order chi connectivity index (χ0) is 17.3. The topological polar surface area (TPSA) is 101 Å². The second-order valence-electron chi connectivity index (χ2n) is 6.16. The second-order valence-corrected chi connectivity index (χ2v) is 7.84. The summed E-state index contributed by atoms with van der Waals surface area (Å²) in [6.07, 6.45) is 2.71. The van der Waals surface area contributed by atoms with Gasteiger partial charge in [-0.15, -0.1) is 12.4 Å². The van der Waals surface area contributed by atoms with Crippen LogP contribution >= 0.6 is 12.4 Å². The van der Waals surface area contributed by atoms with Crippen molar-refractivity contribution >= 4 is 34.0 Å². The van der Waals surface area contributed by atoms with Gasteiger partial charge >= 0.3 is 0 Å². The molecule has 0 saturated heterocycles. The fourth-order valence-corrected chi connectivity index (χ4v) is 3.59. The molecule has 136 valence electrons. The van der Waals surface area contributed by atoms with Crippen molar-refractivity contribution in [3.8, 4) is 0 Å². The van der Waals surface area contributed by atoms with Gasteiger partial charge in [0.25, 0.3) is 0 Å². The molecule has 4 N–H and O–H groups in total. The molecule has 2 rings (SSSR count). The van der Waals surface area contributed by atoms with E-state index in [1.807, 2.05) is 6.92 Å². The number of amides is 1. The number of carbonyl (C=O) groups is 1. The van der Waals surface area contributed by atoms with Crippen LogP contribution in [-0.4, -0.2) is 25.9 Å². The van der Waals surface area contributed by atoms with Gasteiger partial charge in [-0.2, -0.15) is 0 Å². The molecule has 1 aromatic carbocycles. The average molecular weight is 380 g/mol. The van der Waals surface area contributed by atoms with Gasteiger partial charge in [0.15, 0.2) is 0 Å². The first kappa shape index (κ1) is 20.8. The van der Waals surface area contributed by atoms with E-state index in [1.54, 1.807) is 6.92 Å². The van der Waals surface area contributed by atoms with Crippen LogP contribution in [0.5, 0.6) is 0 Å². The first-order chi connectivity index (χ1) is 10.7. The molecule has 1 aromatic rings. The van der Waals surface area contributed by atoms with Gasteiger partial charge in [0.1, 0.15) is 10.7 Å². The lowest BCUT2D eigenvalue weighted by molar-refractivity contribution is -0.120. The lowest BCUT2D eigenvalue weighted by Crippen LogP contribution is -2.48. The molecular weight excluding hydrogens is 357 g/mol. The summed E-state index contributed by atoms with van der Waals surface area (Å²) in [5.41, 5.74) is 5.05. The Morgan fingerprint density at radius 1 is 1.42 bits per heavy atom. The van der Waals surface area contributed by atoms with Gasteiger partial charge in [-0.3, -0.25) is 4.79 Å². The zero-order valence-corrected chi connectivity index (χ0v) is 15.3. The van der Waals surface area contributed by atoms with Crippen LogP contribution in [0.25, 0.3) is 0 Å². The zero-order valence-electron chi connectivity index (χ0n) is 13.6. The summed E-state index contributed by atoms with van der Waals surface area (Å²) in [5.74, 6) is -1.30. The lowest BCUT2D eigenvalue weighted by atomic mass is 9.96. The van der Waals surface area contributed by atoms with E-state index in [4.69, 9.17) is 5.73 Å². The molecule has 0 radical (unpaired) electrons. The molecule has 0 aromatic heterocycles. The monoisotopic (exact) mass is 379 g/mol. The first-order valence-electron chi connectivity index (χ1n) is 7.58. The van der Waals surface area contributed by atoms with Gasteiger partial charge in [0, 0.05) is 11.7 Å². The fourth-order valence-electron chi connectivity index (χ4n) is 2.18. The first-order valence-corrected chi connectivity index (χ1v) is 9.06. The molecular formula is C15H23ClFN3O3S. The standard InChI is InChI=1S/C15H22FN3O3S.ClH/c1-3-8-15(2,17)14(20)18-11-6-7-12(16)13(9-11)23(21,22)19-10-4-5-10;/h6-7,9-10,19H,3-5,8,17H2,1-2H3,(H,18,20);1H. The Bertz CT molecular complexity index is 706. The van der Waals surface area contributed by atoms with Gasteiger partial charge in [-0.1, -0.05) is 13.3 Å². The molecule has 9 heteroatoms. The number of benzene rings is 1. The van der Waals surface area contributed by atoms with E-state index in [2.05, 4.69) is 10.0 Å². The Hall–Kier alpha value is -1.22. The summed E-state index contributed by atoms with van der Waals surface area (Å²) in [5, 5.41) is 2.55. The molecule has 1 unspecified atom stereocenters. The van der Waals surface area contributed by atoms with E-state index < -0.39 is 32.2 Å². The van der Waals surface area contributed by atoms with Crippen molar-refractivity contribution in [1.82, 2.24) is 4.72 Å². The minimum absolute atomic E-state index is 0. The molecule has 1 amide bonds. The van der Waals surface area contributed by atoms with E-state index in [1.165, 1.54) is 6.07 Å². The Balaban J connectivity index is 0.00000288. The number of sulfonamides is 1. The predicted molar refractivity (Wildman–Crippen MR) is 93.1 cm³/mol. The van der Waals surface area contributed by atoms with Gasteiger partial charge in [0.05, 0.1) is 5.54 Å². The summed E-state index contributed by atoms with van der Waals surface area (Å²) < 4.78 is 40.6. The maximum Gasteiger partial charge on any atom is 0.244 e. The minimum atomic E-state index is -3.94. The smallest absolute Gasteiger partial charge is 0.244 e. The van der Waals surface area contributed by atoms with E-state index in [0.717, 1.165) is 31.4 Å². The van der Waals surface area contributed by atoms with Crippen molar-refractivity contribution in [1.29, 1.82) is 0 Å². The molecule has 6 nitrogen and oxygen atoms in total. The van der Waals surface area contributed by atoms with Gasteiger partial charge in [-0.05, 0) is 44.4 Å². The van der Waals surface area contributed by atoms with E-state index in [9.17, 15) is 17.6 Å². The molecule has 1 aliphatic carbocycles. The molecule has 24 heavy (non-hydrogen) atoms. The number of halogens is 2. The van der Waals surface area contributed by atoms with Crippen LogP contribution < -0.4 is 15.8 Å². The summed E-state index contributed by atoms with van der Waals surface area (Å²) in [6, 6.07) is 3.31. The van der Waals surface area contributed by atoms with Crippen LogP contribution in [0.2, 0.25) is 0 Å². The number of rotatable bonds is 7. The Kier molecular flexibility index (Phi) is 6.75. The van der Waals surface area contributed by atoms with Crippen LogP contribution in [0.4, 0.5) is 10.1 Å². The lowest BCUT2D eigenvalue weighted by Gasteiger charge is -2.23. The Morgan fingerprint density at radius 3 is 2.58 bits per heavy atom. The van der Waals surface area contributed by atoms with Crippen molar-refractivity contribution in [3.63, 3.8) is 0 Å². The number of hydrogen-bond acceptors (Lipinski definition) is 4. The number of hydrogen-bond donors (Lipinski definition) is 3. The summed E-state index contributed by atoms with van der Waals surface area (Å²) in [7, 11) is -3.94. The maximum absolute atomic E-state index is 13.9. The van der Waals surface area contributed by atoms with E-state index in [0.29, 0.717) is 6.42 Å². The Labute approximate surface area is 147 Å². The maximum atomic E-state index is 13.9. The molecule has 1 aliphatic rings. The van der Waals surface area contributed by atoms with Gasteiger partial charge in [-0.25, -0.2) is 17.5 Å². The summed E-state index contributed by atoms with van der Waals surface area (Å²) in [6.45, 7) is 3.51. The quantitative estimate of drug-likeness (QED) is 0.675. The highest BCUT2D eigenvalue weighted by Gasteiger charge is 2.31. The summed E-state index contributed by atoms with van der Waals surface area (Å²) in [4.78, 5) is 11.7. The van der Waals surface area contributed by atoms with Crippen molar-refractivity contribution < 1.29 is 17.6 Å². The number of carbonyl (C=O) groups excluding carboxylic acids is 1. The normalized spacial score (nSPS) is 16.8. The molecule has 1 fully saturated rings. The predicted octanol–water partition coefficient (Wildman–Crippen LogP) is 2.14. The second kappa shape index (κ2) is 7.77. The van der Waals surface area contributed by atoms with Crippen molar-refractivity contribution in [3.05, 3.63) is 24.0 Å². The highest BCUT2D eigenvalue weighted by atomic mass is 35.5. The molecule has 0 spiro atoms. The van der Waals surface area contributed by atoms with Gasteiger partial charge in [0.2, 0.25) is 15.9 Å². The molecule has 1 atom stereocenters. The third kappa shape index (κ3) is 5.14. The van der Waals surface area contributed by atoms with Crippen molar-refractivity contribution in [2.45, 2.75) is 56.0 Å². The Morgan fingerprint density at radius 2 is 2.04 bits per heavy atom.